The van der Waals surface area contributed by atoms with E-state index in [1.54, 1.807) is 36.4 Å². The van der Waals surface area contributed by atoms with Gasteiger partial charge in [0, 0.05) is 0 Å². The van der Waals surface area contributed by atoms with E-state index in [0.29, 0.717) is 23.0 Å². The maximum atomic E-state index is 13.3. The number of fused-ring (bicyclic) bond motifs is 4. The van der Waals surface area contributed by atoms with E-state index in [-0.39, 0.29) is 11.1 Å². The van der Waals surface area contributed by atoms with Crippen LogP contribution in [0.1, 0.15) is 31.8 Å². The summed E-state index contributed by atoms with van der Waals surface area (Å²) in [5.74, 6) is 2.43. The van der Waals surface area contributed by atoms with Crippen molar-refractivity contribution in [1.29, 1.82) is 0 Å². The summed E-state index contributed by atoms with van der Waals surface area (Å²) in [5, 5.41) is 8.16. The molecule has 6 heteroatoms. The maximum Gasteiger partial charge on any atom is 0.343 e. The number of carbonyl (C=O) groups is 2. The first kappa shape index (κ1) is 34.3. The SMILES string of the molecule is Cc1ccc2ccc(OC(=O)c3cccc(C(=O)Oc4ccc5ccc(Oc6ccc7ccc(Oc8ccc9ccc(C)cc9c8)cc7c6)cc5c4)c3)cc2c1. The average molecular weight is 731 g/mol. The van der Waals surface area contributed by atoms with Gasteiger partial charge in [-0.3, -0.25) is 0 Å². The minimum absolute atomic E-state index is 0.225. The maximum absolute atomic E-state index is 13.3. The first-order valence-electron chi connectivity index (χ1n) is 18.3. The monoisotopic (exact) mass is 730 g/mol. The molecule has 6 nitrogen and oxygen atoms in total. The van der Waals surface area contributed by atoms with Gasteiger partial charge in [0.1, 0.15) is 34.5 Å². The molecule has 0 aliphatic carbocycles. The Labute approximate surface area is 323 Å². The van der Waals surface area contributed by atoms with Gasteiger partial charge in [-0.25, -0.2) is 9.59 Å². The second-order valence-corrected chi connectivity index (χ2v) is 13.9. The summed E-state index contributed by atoms with van der Waals surface area (Å²) in [6.45, 7) is 4.10. The average Bonchev–Trinajstić information content (AvgIpc) is 3.20. The summed E-state index contributed by atoms with van der Waals surface area (Å²) in [7, 11) is 0. The Bertz CT molecular complexity index is 3000. The highest BCUT2D eigenvalue weighted by Crippen LogP contribution is 2.33. The lowest BCUT2D eigenvalue weighted by Gasteiger charge is -2.11. The molecule has 0 radical (unpaired) electrons. The summed E-state index contributed by atoms with van der Waals surface area (Å²) in [4.78, 5) is 26.3. The molecule has 0 aliphatic heterocycles. The van der Waals surface area contributed by atoms with Crippen molar-refractivity contribution in [1.82, 2.24) is 0 Å². The summed E-state index contributed by atoms with van der Waals surface area (Å²) in [6.07, 6.45) is 0. The van der Waals surface area contributed by atoms with Crippen molar-refractivity contribution < 1.29 is 28.5 Å². The topological polar surface area (TPSA) is 71.1 Å². The fraction of sp³-hybridized carbons (Fsp3) is 0.0400. The largest absolute Gasteiger partial charge is 0.457 e. The lowest BCUT2D eigenvalue weighted by Crippen LogP contribution is -2.12. The Morgan fingerprint density at radius 3 is 1.00 bits per heavy atom. The second kappa shape index (κ2) is 14.4. The van der Waals surface area contributed by atoms with Crippen LogP contribution in [0.5, 0.6) is 34.5 Å². The molecule has 0 fully saturated rings. The Kier molecular flexibility index (Phi) is 8.84. The molecule has 0 aliphatic rings. The van der Waals surface area contributed by atoms with Gasteiger partial charge in [-0.2, -0.15) is 0 Å². The third kappa shape index (κ3) is 7.36. The fourth-order valence-electron chi connectivity index (χ4n) is 6.85. The Morgan fingerprint density at radius 2 is 0.625 bits per heavy atom. The van der Waals surface area contributed by atoms with Gasteiger partial charge in [-0.15, -0.1) is 0 Å². The van der Waals surface area contributed by atoms with Crippen LogP contribution >= 0.6 is 0 Å². The van der Waals surface area contributed by atoms with E-state index in [1.807, 2.05) is 104 Å². The lowest BCUT2D eigenvalue weighted by molar-refractivity contribution is 0.0734. The lowest BCUT2D eigenvalue weighted by atomic mass is 10.1. The van der Waals surface area contributed by atoms with Crippen LogP contribution in [0.15, 0.2) is 170 Å². The molecule has 0 heterocycles. The van der Waals surface area contributed by atoms with Crippen molar-refractivity contribution in [2.24, 2.45) is 0 Å². The highest BCUT2D eigenvalue weighted by atomic mass is 16.5. The predicted octanol–water partition coefficient (Wildman–Crippen LogP) is 12.9. The fourth-order valence-corrected chi connectivity index (χ4v) is 6.85. The number of carbonyl (C=O) groups excluding carboxylic acids is 2. The molecule has 9 aromatic carbocycles. The number of hydrogen-bond acceptors (Lipinski definition) is 6. The number of benzene rings is 9. The minimum atomic E-state index is -0.595. The van der Waals surface area contributed by atoms with Gasteiger partial charge in [0.25, 0.3) is 0 Å². The van der Waals surface area contributed by atoms with Gasteiger partial charge in [-0.05, 0) is 148 Å². The van der Waals surface area contributed by atoms with Gasteiger partial charge in [0.2, 0.25) is 0 Å². The number of rotatable bonds is 8. The predicted molar refractivity (Wildman–Crippen MR) is 222 cm³/mol. The summed E-state index contributed by atoms with van der Waals surface area (Å²) < 4.78 is 24.0. The molecule has 0 unspecified atom stereocenters. The highest BCUT2D eigenvalue weighted by molar-refractivity contribution is 5.97. The number of hydrogen-bond donors (Lipinski definition) is 0. The van der Waals surface area contributed by atoms with Gasteiger partial charge in [-0.1, -0.05) is 90.0 Å². The number of ether oxygens (including phenoxy) is 4. The van der Waals surface area contributed by atoms with Crippen LogP contribution in [-0.4, -0.2) is 11.9 Å². The smallest absolute Gasteiger partial charge is 0.343 e. The third-order valence-corrected chi connectivity index (χ3v) is 9.73. The molecule has 0 saturated carbocycles. The second-order valence-electron chi connectivity index (χ2n) is 13.9. The normalized spacial score (nSPS) is 11.2. The number of esters is 2. The molecule has 0 N–H and O–H groups in total. The van der Waals surface area contributed by atoms with Gasteiger partial charge < -0.3 is 18.9 Å². The van der Waals surface area contributed by atoms with E-state index >= 15 is 0 Å². The molecule has 0 spiro atoms. The van der Waals surface area contributed by atoms with Crippen LogP contribution in [0.25, 0.3) is 43.1 Å². The Balaban J connectivity index is 0.884. The highest BCUT2D eigenvalue weighted by Gasteiger charge is 2.15. The zero-order valence-corrected chi connectivity index (χ0v) is 30.6. The molecular weight excluding hydrogens is 697 g/mol. The van der Waals surface area contributed by atoms with E-state index < -0.39 is 11.9 Å². The van der Waals surface area contributed by atoms with Crippen molar-refractivity contribution in [3.63, 3.8) is 0 Å². The number of aryl methyl sites for hydroxylation is 2. The summed E-state index contributed by atoms with van der Waals surface area (Å²) >= 11 is 0. The standard InChI is InChI=1S/C50H34O6/c1-31-6-8-33-10-16-43(25-39(33)22-31)53-44-17-11-35-12-18-45(28-41(35)27-44)54-46-19-13-36-15-21-48(30-42(36)29-46)56-50(52)38-5-3-4-37(24-38)49(51)55-47-20-14-34-9-7-32(2)23-40(34)26-47/h3-30H,1-2H3. The van der Waals surface area contributed by atoms with Crippen molar-refractivity contribution in [2.75, 3.05) is 0 Å². The molecule has 0 amide bonds. The van der Waals surface area contributed by atoms with Crippen LogP contribution in [-0.2, 0) is 0 Å². The van der Waals surface area contributed by atoms with Gasteiger partial charge in [0.15, 0.2) is 0 Å². The van der Waals surface area contributed by atoms with Crippen LogP contribution < -0.4 is 18.9 Å². The third-order valence-electron chi connectivity index (χ3n) is 9.73. The molecule has 0 saturated heterocycles. The molecule has 56 heavy (non-hydrogen) atoms. The van der Waals surface area contributed by atoms with Crippen molar-refractivity contribution in [3.05, 3.63) is 192 Å². The van der Waals surface area contributed by atoms with Crippen molar-refractivity contribution in [2.45, 2.75) is 13.8 Å². The Morgan fingerprint density at radius 1 is 0.321 bits per heavy atom. The summed E-state index contributed by atoms with van der Waals surface area (Å²) in [5.41, 5.74) is 2.78. The zero-order chi connectivity index (χ0) is 38.2. The minimum Gasteiger partial charge on any atom is -0.457 e. The first-order chi connectivity index (χ1) is 27.3. The molecule has 270 valence electrons. The van der Waals surface area contributed by atoms with Gasteiger partial charge >= 0.3 is 11.9 Å². The van der Waals surface area contributed by atoms with E-state index in [0.717, 1.165) is 54.8 Å². The van der Waals surface area contributed by atoms with Crippen LogP contribution in [0.4, 0.5) is 0 Å². The quantitative estimate of drug-likeness (QED) is 0.114. The van der Waals surface area contributed by atoms with E-state index in [1.165, 1.54) is 17.0 Å². The van der Waals surface area contributed by atoms with Crippen LogP contribution in [0.3, 0.4) is 0 Å². The van der Waals surface area contributed by atoms with E-state index in [2.05, 4.69) is 37.3 Å². The molecular formula is C50H34O6. The van der Waals surface area contributed by atoms with E-state index in [4.69, 9.17) is 18.9 Å². The zero-order valence-electron chi connectivity index (χ0n) is 30.6. The van der Waals surface area contributed by atoms with Crippen LogP contribution in [0, 0.1) is 13.8 Å². The molecule has 9 aromatic rings. The Hall–Kier alpha value is -7.44. The van der Waals surface area contributed by atoms with Crippen molar-refractivity contribution >= 4 is 55.0 Å². The summed E-state index contributed by atoms with van der Waals surface area (Å²) in [6, 6.07) is 53.5. The molecule has 9 rings (SSSR count). The van der Waals surface area contributed by atoms with Gasteiger partial charge in [0.05, 0.1) is 11.1 Å². The molecule has 0 bridgehead atoms. The molecule has 0 aromatic heterocycles. The first-order valence-corrected chi connectivity index (χ1v) is 18.3. The van der Waals surface area contributed by atoms with Crippen molar-refractivity contribution in [3.8, 4) is 34.5 Å². The van der Waals surface area contributed by atoms with Crippen LogP contribution in [0.2, 0.25) is 0 Å². The van der Waals surface area contributed by atoms with E-state index in [9.17, 15) is 9.59 Å². The molecule has 0 atom stereocenters.